The van der Waals surface area contributed by atoms with E-state index in [-0.39, 0.29) is 16.8 Å². The molecule has 9 heteroatoms. The molecular formula is C15H18FN3O4S. The van der Waals surface area contributed by atoms with Crippen LogP contribution >= 0.6 is 0 Å². The number of nitrogens with one attached hydrogen (secondary N) is 1. The number of anilines is 1. The fourth-order valence-corrected chi connectivity index (χ4v) is 3.32. The molecule has 0 aliphatic rings. The molecule has 1 heterocycles. The highest BCUT2D eigenvalue weighted by Gasteiger charge is 2.23. The molecule has 7 nitrogen and oxygen atoms in total. The fraction of sp³-hybridized carbons (Fsp3) is 0.333. The minimum absolute atomic E-state index is 0.157. The largest absolute Gasteiger partial charge is 0.478 e. The summed E-state index contributed by atoms with van der Waals surface area (Å²) in [7, 11) is -4.16. The van der Waals surface area contributed by atoms with Crippen LogP contribution in [0.5, 0.6) is 0 Å². The molecule has 130 valence electrons. The molecule has 0 saturated heterocycles. The number of halogens is 1. The number of aromatic carboxylic acids is 1. The summed E-state index contributed by atoms with van der Waals surface area (Å²) in [6, 6.07) is 1.71. The average molecular weight is 355 g/mol. The Balaban J connectivity index is 2.44. The van der Waals surface area contributed by atoms with Crippen molar-refractivity contribution in [2.24, 2.45) is 0 Å². The molecule has 0 aliphatic carbocycles. The van der Waals surface area contributed by atoms with E-state index in [9.17, 15) is 17.6 Å². The number of hydrogen-bond acceptors (Lipinski definition) is 4. The van der Waals surface area contributed by atoms with Crippen LogP contribution in [0.15, 0.2) is 29.4 Å². The molecule has 2 aromatic rings. The van der Waals surface area contributed by atoms with Crippen LogP contribution in [-0.4, -0.2) is 29.3 Å². The molecule has 0 amide bonds. The Morgan fingerprint density at radius 1 is 1.33 bits per heavy atom. The second-order valence-corrected chi connectivity index (χ2v) is 7.99. The Bertz CT molecular complexity index is 898. The van der Waals surface area contributed by atoms with E-state index in [4.69, 9.17) is 5.11 Å². The topological polar surface area (TPSA) is 101 Å². The number of sulfonamides is 1. The van der Waals surface area contributed by atoms with Crippen molar-refractivity contribution >= 4 is 21.7 Å². The molecule has 1 aromatic heterocycles. The highest BCUT2D eigenvalue weighted by molar-refractivity contribution is 7.92. The zero-order valence-electron chi connectivity index (χ0n) is 13.7. The minimum Gasteiger partial charge on any atom is -0.478 e. The maximum absolute atomic E-state index is 13.9. The second kappa shape index (κ2) is 5.90. The number of benzene rings is 1. The Kier molecular flexibility index (Phi) is 4.40. The third-order valence-electron chi connectivity index (χ3n) is 3.36. The molecule has 0 aliphatic heterocycles. The summed E-state index contributed by atoms with van der Waals surface area (Å²) >= 11 is 0. The number of rotatable bonds is 4. The van der Waals surface area contributed by atoms with Gasteiger partial charge in [-0.1, -0.05) is 0 Å². The maximum atomic E-state index is 13.9. The third kappa shape index (κ3) is 3.56. The van der Waals surface area contributed by atoms with Gasteiger partial charge in [0.1, 0.15) is 5.82 Å². The number of carboxylic acids is 1. The molecular weight excluding hydrogens is 337 g/mol. The Morgan fingerprint density at radius 3 is 2.46 bits per heavy atom. The van der Waals surface area contributed by atoms with Crippen LogP contribution in [-0.2, 0) is 15.6 Å². The van der Waals surface area contributed by atoms with E-state index < -0.39 is 32.3 Å². The van der Waals surface area contributed by atoms with Crippen LogP contribution in [0.2, 0.25) is 0 Å². The van der Waals surface area contributed by atoms with Crippen LogP contribution in [0.25, 0.3) is 0 Å². The summed E-state index contributed by atoms with van der Waals surface area (Å²) in [5.74, 6) is -2.31. The van der Waals surface area contributed by atoms with Crippen molar-refractivity contribution in [3.8, 4) is 0 Å². The van der Waals surface area contributed by atoms with Crippen LogP contribution < -0.4 is 4.72 Å². The van der Waals surface area contributed by atoms with Gasteiger partial charge in [-0.3, -0.25) is 9.40 Å². The lowest BCUT2D eigenvalue weighted by Gasteiger charge is -2.18. The number of aromatic nitrogens is 2. The first-order valence-corrected chi connectivity index (χ1v) is 8.51. The van der Waals surface area contributed by atoms with Crippen molar-refractivity contribution in [2.45, 2.75) is 38.1 Å². The predicted molar refractivity (Wildman–Crippen MR) is 86.1 cm³/mol. The Morgan fingerprint density at radius 2 is 1.96 bits per heavy atom. The van der Waals surface area contributed by atoms with E-state index in [0.717, 1.165) is 12.1 Å². The van der Waals surface area contributed by atoms with Crippen molar-refractivity contribution in [2.75, 3.05) is 4.72 Å². The predicted octanol–water partition coefficient (Wildman–Crippen LogP) is 2.58. The Labute approximate surface area is 139 Å². The van der Waals surface area contributed by atoms with E-state index in [1.807, 2.05) is 20.8 Å². The van der Waals surface area contributed by atoms with Crippen LogP contribution in [0.1, 0.15) is 36.7 Å². The zero-order chi connectivity index (χ0) is 18.3. The van der Waals surface area contributed by atoms with Gasteiger partial charge in [-0.05, 0) is 39.8 Å². The molecule has 0 saturated carbocycles. The summed E-state index contributed by atoms with van der Waals surface area (Å²) in [5.41, 5.74) is -0.736. The van der Waals surface area contributed by atoms with Gasteiger partial charge in [0.15, 0.2) is 0 Å². The summed E-state index contributed by atoms with van der Waals surface area (Å²) in [6.07, 6.45) is 2.83. The molecule has 2 N–H and O–H groups in total. The summed E-state index contributed by atoms with van der Waals surface area (Å²) in [5, 5.41) is 13.1. The van der Waals surface area contributed by atoms with Crippen LogP contribution in [0.3, 0.4) is 0 Å². The highest BCUT2D eigenvalue weighted by Crippen LogP contribution is 2.24. The lowest BCUT2D eigenvalue weighted by atomic mass is 10.1. The first kappa shape index (κ1) is 17.9. The summed E-state index contributed by atoms with van der Waals surface area (Å²) in [6.45, 7) is 6.96. The van der Waals surface area contributed by atoms with Crippen molar-refractivity contribution in [3.05, 3.63) is 41.5 Å². The normalized spacial score (nSPS) is 12.2. The summed E-state index contributed by atoms with van der Waals surface area (Å²) < 4.78 is 42.7. The van der Waals surface area contributed by atoms with Gasteiger partial charge < -0.3 is 5.11 Å². The van der Waals surface area contributed by atoms with E-state index in [1.165, 1.54) is 19.3 Å². The van der Waals surface area contributed by atoms with Gasteiger partial charge in [-0.15, -0.1) is 0 Å². The molecule has 0 bridgehead atoms. The van der Waals surface area contributed by atoms with E-state index >= 15 is 0 Å². The van der Waals surface area contributed by atoms with Crippen molar-refractivity contribution in [3.63, 3.8) is 0 Å². The lowest BCUT2D eigenvalue weighted by molar-refractivity contribution is 0.0696. The van der Waals surface area contributed by atoms with Crippen molar-refractivity contribution in [1.82, 2.24) is 9.78 Å². The van der Waals surface area contributed by atoms with Gasteiger partial charge in [0, 0.05) is 11.8 Å². The third-order valence-corrected chi connectivity index (χ3v) is 4.86. The number of carbonyl (C=O) groups is 1. The van der Waals surface area contributed by atoms with Gasteiger partial charge in [0.2, 0.25) is 0 Å². The monoisotopic (exact) mass is 355 g/mol. The molecule has 24 heavy (non-hydrogen) atoms. The maximum Gasteiger partial charge on any atom is 0.335 e. The SMILES string of the molecule is Cc1c(F)cc(C(=O)O)cc1S(=O)(=O)Nc1cnn(C(C)(C)C)c1. The van der Waals surface area contributed by atoms with Crippen molar-refractivity contribution < 1.29 is 22.7 Å². The van der Waals surface area contributed by atoms with E-state index in [0.29, 0.717) is 0 Å². The molecule has 0 fully saturated rings. The fourth-order valence-electron chi connectivity index (χ4n) is 2.01. The molecule has 0 atom stereocenters. The number of carboxylic acid groups (broad SMARTS) is 1. The van der Waals surface area contributed by atoms with Gasteiger partial charge in [0.05, 0.1) is 27.9 Å². The molecule has 0 unspecified atom stereocenters. The highest BCUT2D eigenvalue weighted by atomic mass is 32.2. The van der Waals surface area contributed by atoms with Gasteiger partial charge >= 0.3 is 5.97 Å². The van der Waals surface area contributed by atoms with Crippen molar-refractivity contribution in [1.29, 1.82) is 0 Å². The van der Waals surface area contributed by atoms with Crippen LogP contribution in [0.4, 0.5) is 10.1 Å². The molecule has 0 spiro atoms. The molecule has 0 radical (unpaired) electrons. The van der Waals surface area contributed by atoms with Crippen LogP contribution in [0, 0.1) is 12.7 Å². The van der Waals surface area contributed by atoms with E-state index in [1.54, 1.807) is 4.68 Å². The summed E-state index contributed by atoms with van der Waals surface area (Å²) in [4.78, 5) is 10.6. The first-order valence-electron chi connectivity index (χ1n) is 7.03. The minimum atomic E-state index is -4.16. The van der Waals surface area contributed by atoms with E-state index in [2.05, 4.69) is 9.82 Å². The zero-order valence-corrected chi connectivity index (χ0v) is 14.5. The molecule has 1 aromatic carbocycles. The average Bonchev–Trinajstić information content (AvgIpc) is 2.88. The van der Waals surface area contributed by atoms with Gasteiger partial charge in [-0.2, -0.15) is 5.10 Å². The van der Waals surface area contributed by atoms with Gasteiger partial charge in [-0.25, -0.2) is 17.6 Å². The van der Waals surface area contributed by atoms with Gasteiger partial charge in [0.25, 0.3) is 10.0 Å². The quantitative estimate of drug-likeness (QED) is 0.878. The first-order chi connectivity index (χ1) is 10.9. The smallest absolute Gasteiger partial charge is 0.335 e. The number of nitrogens with zero attached hydrogens (tertiary/aromatic N) is 2. The Hall–Kier alpha value is -2.42. The number of hydrogen-bond donors (Lipinski definition) is 2. The molecule has 2 rings (SSSR count). The standard InChI is InChI=1S/C15H18FN3O4S/c1-9-12(16)5-10(14(20)21)6-13(9)24(22,23)18-11-7-17-19(8-11)15(2,3)4/h5-8,18H,1-4H3,(H,20,21). The second-order valence-electron chi connectivity index (χ2n) is 6.34. The lowest BCUT2D eigenvalue weighted by Crippen LogP contribution is -2.22.